The summed E-state index contributed by atoms with van der Waals surface area (Å²) in [5.74, 6) is -0.0947. The largest absolute Gasteiger partial charge is 0.494 e. The quantitative estimate of drug-likeness (QED) is 0.632. The van der Waals surface area contributed by atoms with Crippen LogP contribution in [-0.4, -0.2) is 42.7 Å². The molecule has 2 atom stereocenters. The maximum atomic E-state index is 12.3. The van der Waals surface area contributed by atoms with Gasteiger partial charge in [0.1, 0.15) is 11.9 Å². The number of aromatic nitrogens is 1. The van der Waals surface area contributed by atoms with E-state index in [0.717, 1.165) is 6.42 Å². The van der Waals surface area contributed by atoms with Crippen LogP contribution in [0.3, 0.4) is 0 Å². The van der Waals surface area contributed by atoms with Gasteiger partial charge in [-0.3, -0.25) is 14.6 Å². The smallest absolute Gasteiger partial charge is 0.257 e. The van der Waals surface area contributed by atoms with Crippen molar-refractivity contribution in [3.8, 4) is 5.75 Å². The van der Waals surface area contributed by atoms with Gasteiger partial charge in [0.15, 0.2) is 0 Å². The molecule has 2 aromatic rings. The van der Waals surface area contributed by atoms with Crippen molar-refractivity contribution in [2.24, 2.45) is 5.73 Å². The van der Waals surface area contributed by atoms with Gasteiger partial charge in [0.2, 0.25) is 0 Å². The minimum atomic E-state index is -0.505. The highest BCUT2D eigenvalue weighted by Crippen LogP contribution is 2.29. The van der Waals surface area contributed by atoms with Crippen LogP contribution in [0.2, 0.25) is 0 Å². The molecule has 8 nitrogen and oxygen atoms in total. The molecule has 2 amide bonds. The van der Waals surface area contributed by atoms with Gasteiger partial charge in [0, 0.05) is 30.7 Å². The molecule has 29 heavy (non-hydrogen) atoms. The van der Waals surface area contributed by atoms with E-state index in [4.69, 9.17) is 15.2 Å². The van der Waals surface area contributed by atoms with Crippen LogP contribution in [0, 0.1) is 0 Å². The lowest BCUT2D eigenvalue weighted by molar-refractivity contribution is -0.126. The first-order valence-corrected chi connectivity index (χ1v) is 8.66. The highest BCUT2D eigenvalue weighted by Gasteiger charge is 2.30. The first-order chi connectivity index (χ1) is 13.1. The van der Waals surface area contributed by atoms with Crippen LogP contribution in [0.1, 0.15) is 23.2 Å². The first kappa shape index (κ1) is 24.6. The Labute approximate surface area is 181 Å². The van der Waals surface area contributed by atoms with Crippen LogP contribution in [0.5, 0.6) is 5.75 Å². The van der Waals surface area contributed by atoms with Crippen molar-refractivity contribution in [1.82, 2.24) is 4.98 Å². The van der Waals surface area contributed by atoms with Crippen LogP contribution in [-0.2, 0) is 9.53 Å². The maximum Gasteiger partial charge on any atom is 0.257 e. The lowest BCUT2D eigenvalue weighted by Crippen LogP contribution is -2.29. The van der Waals surface area contributed by atoms with E-state index in [-0.39, 0.29) is 42.7 Å². The molecule has 0 bridgehead atoms. The van der Waals surface area contributed by atoms with E-state index in [0.29, 0.717) is 35.7 Å². The van der Waals surface area contributed by atoms with Crippen molar-refractivity contribution in [2.45, 2.75) is 25.0 Å². The number of pyridine rings is 1. The highest BCUT2D eigenvalue weighted by molar-refractivity contribution is 6.05. The summed E-state index contributed by atoms with van der Waals surface area (Å²) in [4.78, 5) is 28.5. The van der Waals surface area contributed by atoms with E-state index in [2.05, 4.69) is 15.6 Å². The van der Waals surface area contributed by atoms with Gasteiger partial charge in [0.05, 0.1) is 24.5 Å². The summed E-state index contributed by atoms with van der Waals surface area (Å²) >= 11 is 0. The summed E-state index contributed by atoms with van der Waals surface area (Å²) in [7, 11) is 1.49. The van der Waals surface area contributed by atoms with Crippen molar-refractivity contribution in [3.05, 3.63) is 48.3 Å². The number of halogens is 2. The summed E-state index contributed by atoms with van der Waals surface area (Å²) in [6.45, 7) is 0.406. The van der Waals surface area contributed by atoms with Gasteiger partial charge in [0.25, 0.3) is 11.8 Å². The number of hydrogen-bond donors (Lipinski definition) is 3. The molecular formula is C19H24Cl2N4O4. The van der Waals surface area contributed by atoms with Crippen LogP contribution in [0.15, 0.2) is 42.7 Å². The Morgan fingerprint density at radius 1 is 1.24 bits per heavy atom. The number of rotatable bonds is 6. The highest BCUT2D eigenvalue weighted by atomic mass is 35.5. The maximum absolute atomic E-state index is 12.3. The van der Waals surface area contributed by atoms with E-state index in [9.17, 15) is 9.59 Å². The van der Waals surface area contributed by atoms with Crippen LogP contribution < -0.4 is 21.1 Å². The second kappa shape index (κ2) is 11.6. The number of amides is 2. The second-order valence-corrected chi connectivity index (χ2v) is 6.16. The fourth-order valence-corrected chi connectivity index (χ4v) is 2.86. The number of benzene rings is 1. The number of carbonyl (C=O) groups excluding carboxylic acids is 2. The van der Waals surface area contributed by atoms with Crippen LogP contribution in [0.4, 0.5) is 11.4 Å². The predicted molar refractivity (Wildman–Crippen MR) is 115 cm³/mol. The molecule has 1 aliphatic rings. The predicted octanol–water partition coefficient (Wildman–Crippen LogP) is 2.63. The Morgan fingerprint density at radius 2 is 2.03 bits per heavy atom. The van der Waals surface area contributed by atoms with E-state index in [1.54, 1.807) is 36.5 Å². The molecule has 1 fully saturated rings. The SMILES string of the molecule is COc1cc(NC(=O)[C@@H]2CC[C@H](CN)O2)ccc1NC(=O)c1cccnc1.Cl.Cl. The van der Waals surface area contributed by atoms with Crippen LogP contribution >= 0.6 is 24.8 Å². The molecule has 10 heteroatoms. The fraction of sp³-hybridized carbons (Fsp3) is 0.316. The minimum absolute atomic E-state index is 0. The number of nitrogens with one attached hydrogen (secondary N) is 2. The van der Waals surface area contributed by atoms with Gasteiger partial charge in [-0.1, -0.05) is 0 Å². The van der Waals surface area contributed by atoms with Gasteiger partial charge in [-0.05, 0) is 37.1 Å². The fourth-order valence-electron chi connectivity index (χ4n) is 2.86. The normalized spacial score (nSPS) is 17.4. The molecule has 0 unspecified atom stereocenters. The second-order valence-electron chi connectivity index (χ2n) is 6.16. The number of carbonyl (C=O) groups is 2. The van der Waals surface area contributed by atoms with E-state index >= 15 is 0 Å². The number of methoxy groups -OCH3 is 1. The summed E-state index contributed by atoms with van der Waals surface area (Å²) in [5.41, 5.74) is 7.05. The summed E-state index contributed by atoms with van der Waals surface area (Å²) in [6.07, 6.45) is 3.92. The molecule has 0 spiro atoms. The molecule has 0 saturated carbocycles. The zero-order valence-corrected chi connectivity index (χ0v) is 17.4. The zero-order chi connectivity index (χ0) is 19.2. The van der Waals surface area contributed by atoms with Crippen LogP contribution in [0.25, 0.3) is 0 Å². The Bertz CT molecular complexity index is 823. The molecule has 2 heterocycles. The number of nitrogens with two attached hydrogens (primary N) is 1. The monoisotopic (exact) mass is 442 g/mol. The number of ether oxygens (including phenoxy) is 2. The average Bonchev–Trinajstić information content (AvgIpc) is 3.19. The summed E-state index contributed by atoms with van der Waals surface area (Å²) < 4.78 is 10.9. The van der Waals surface area contributed by atoms with Crippen molar-refractivity contribution in [3.63, 3.8) is 0 Å². The molecule has 1 aromatic heterocycles. The van der Waals surface area contributed by atoms with Gasteiger partial charge >= 0.3 is 0 Å². The summed E-state index contributed by atoms with van der Waals surface area (Å²) in [5, 5.41) is 5.58. The molecule has 3 rings (SSSR count). The third-order valence-corrected chi connectivity index (χ3v) is 4.30. The molecule has 4 N–H and O–H groups in total. The van der Waals surface area contributed by atoms with Crippen molar-refractivity contribution in [1.29, 1.82) is 0 Å². The molecule has 0 aliphatic carbocycles. The molecule has 1 aliphatic heterocycles. The third-order valence-electron chi connectivity index (χ3n) is 4.30. The summed E-state index contributed by atoms with van der Waals surface area (Å²) in [6, 6.07) is 8.35. The van der Waals surface area contributed by atoms with Gasteiger partial charge in [-0.15, -0.1) is 24.8 Å². The van der Waals surface area contributed by atoms with Crippen molar-refractivity contribution in [2.75, 3.05) is 24.3 Å². The van der Waals surface area contributed by atoms with Gasteiger partial charge in [-0.25, -0.2) is 0 Å². The Balaban J connectivity index is 0.00000210. The Kier molecular flexibility index (Phi) is 9.84. The molecule has 1 aromatic carbocycles. The van der Waals surface area contributed by atoms with E-state index in [1.807, 2.05) is 0 Å². The van der Waals surface area contributed by atoms with E-state index in [1.165, 1.54) is 13.3 Å². The Hall–Kier alpha value is -2.39. The van der Waals surface area contributed by atoms with Gasteiger partial charge in [-0.2, -0.15) is 0 Å². The van der Waals surface area contributed by atoms with Crippen molar-refractivity contribution >= 4 is 48.0 Å². The number of nitrogens with zero attached hydrogens (tertiary/aromatic N) is 1. The minimum Gasteiger partial charge on any atom is -0.494 e. The first-order valence-electron chi connectivity index (χ1n) is 8.66. The average molecular weight is 443 g/mol. The van der Waals surface area contributed by atoms with Gasteiger partial charge < -0.3 is 25.8 Å². The molecular weight excluding hydrogens is 419 g/mol. The lowest BCUT2D eigenvalue weighted by Gasteiger charge is -2.15. The van der Waals surface area contributed by atoms with E-state index < -0.39 is 6.10 Å². The molecule has 0 radical (unpaired) electrons. The zero-order valence-electron chi connectivity index (χ0n) is 15.8. The molecule has 158 valence electrons. The topological polar surface area (TPSA) is 116 Å². The third kappa shape index (κ3) is 6.30. The molecule has 1 saturated heterocycles. The van der Waals surface area contributed by atoms with Crippen molar-refractivity contribution < 1.29 is 19.1 Å². The Morgan fingerprint density at radius 3 is 2.66 bits per heavy atom. The number of hydrogen-bond acceptors (Lipinski definition) is 6. The number of anilines is 2. The standard InChI is InChI=1S/C19H22N4O4.2ClH/c1-26-17-9-13(22-19(25)16-7-5-14(10-20)27-16)4-6-15(17)23-18(24)12-3-2-8-21-11-12;;/h2-4,6,8-9,11,14,16H,5,7,10,20H2,1H3,(H,22,25)(H,23,24);2*1H/t14-,16+;;/m1../s1. The lowest BCUT2D eigenvalue weighted by atomic mass is 10.2.